The highest BCUT2D eigenvalue weighted by atomic mass is 79.9. The van der Waals surface area contributed by atoms with Gasteiger partial charge in [-0.3, -0.25) is 62.3 Å². The Morgan fingerprint density at radius 1 is 0.188 bits per heavy atom. The molecule has 0 unspecified atom stereocenters. The Bertz CT molecular complexity index is 2730. The van der Waals surface area contributed by atoms with E-state index in [0.717, 1.165) is 0 Å². The summed E-state index contributed by atoms with van der Waals surface area (Å²) in [7, 11) is 0. The fourth-order valence-corrected chi connectivity index (χ4v) is 7.91. The first-order chi connectivity index (χ1) is 49.4. The lowest BCUT2D eigenvalue weighted by Crippen LogP contribution is -2.52. The molecule has 0 aliphatic rings. The van der Waals surface area contributed by atoms with Crippen molar-refractivity contribution in [1.82, 2.24) is 0 Å². The normalized spacial score (nSPS) is 13.4. The maximum atomic E-state index is 13.0. The van der Waals surface area contributed by atoms with Crippen molar-refractivity contribution >= 4 is 285 Å². The number of Topliss-reactive ketones (excluding diaryl/α,β-unsaturated/α-hetero) is 1. The summed E-state index contributed by atoms with van der Waals surface area (Å²) in [6.45, 7) is 37.9. The molecule has 0 aromatic rings. The second kappa shape index (κ2) is 46.1. The number of esters is 12. The van der Waals surface area contributed by atoms with Crippen LogP contribution in [0, 0.1) is 16.2 Å². The fraction of sp³-hybridized carbons (Fsp3) is 0.819. The molecule has 0 spiro atoms. The number of halogens is 13. The maximum absolute atomic E-state index is 13.0. The first kappa shape index (κ1) is 116. The average molecular weight is 2450 g/mol. The molecule has 0 heterocycles. The number of alkyl halides is 13. The average Bonchev–Trinajstić information content (AvgIpc) is 0.868. The first-order valence-corrected chi connectivity index (χ1v) is 44.5. The van der Waals surface area contributed by atoms with E-state index in [1.165, 1.54) is 0 Å². The molecule has 27 nitrogen and oxygen atoms in total. The molecular formula is C72H111Br13O27. The molecule has 0 aromatic carbocycles. The third-order valence-corrected chi connectivity index (χ3v) is 18.3. The monoisotopic (exact) mass is 2430 g/mol. The highest BCUT2D eigenvalue weighted by Crippen LogP contribution is 2.35. The Labute approximate surface area is 769 Å². The van der Waals surface area contributed by atoms with E-state index in [1.807, 2.05) is 0 Å². The van der Waals surface area contributed by atoms with Crippen molar-refractivity contribution in [1.29, 1.82) is 0 Å². The maximum Gasteiger partial charge on any atom is 0.322 e. The van der Waals surface area contributed by atoms with Crippen molar-refractivity contribution < 1.29 is 129 Å². The fourth-order valence-electron chi connectivity index (χ4n) is 6.42. The molecule has 0 atom stereocenters. The summed E-state index contributed by atoms with van der Waals surface area (Å²) in [5, 5.41) is 0. The van der Waals surface area contributed by atoms with E-state index in [2.05, 4.69) is 207 Å². The molecule has 0 saturated carbocycles. The highest BCUT2D eigenvalue weighted by molar-refractivity contribution is 9.12. The van der Waals surface area contributed by atoms with Gasteiger partial charge in [-0.25, -0.2) is 0 Å². The third-order valence-electron chi connectivity index (χ3n) is 13.9. The van der Waals surface area contributed by atoms with Gasteiger partial charge in [-0.05, 0) is 187 Å². The standard InChI is InChI=1S/C34H52Br6O13.C21H32Br4O8.C17H27Br3O6/c1-27(2,35)21(41)13-53-34(19-51-25(45)31(9,10)39,20-52-26(46)32(11,12)40)18-47-14-33(15-48-22(42)28(3,4)36,16-49-23(43)29(5,6)37)17-50-24(44)30(7,8)38;1-17(2,22)13(26)30-9-21(10-31-14(27)18(3,4)23,11-32-15(28)19(5,6)24)12-33-16(29)20(7,8)25;1-14(2,18)11(21)24-8-17(7,9-25-12(22)15(3,4)19)10-26-13(23)16(5,6)20/h13-20H2,1-12H3;9-12H2,1-8H3;8-10H2,1-7H3. The number of ether oxygens (including phenoxy) is 14. The van der Waals surface area contributed by atoms with Crippen molar-refractivity contribution in [3.05, 3.63) is 0 Å². The van der Waals surface area contributed by atoms with E-state index in [9.17, 15) is 62.3 Å². The van der Waals surface area contributed by atoms with Gasteiger partial charge in [0.05, 0.1) is 28.4 Å². The Morgan fingerprint density at radius 3 is 0.482 bits per heavy atom. The van der Waals surface area contributed by atoms with Crippen molar-refractivity contribution in [2.24, 2.45) is 16.2 Å². The van der Waals surface area contributed by atoms with Crippen LogP contribution in [0.4, 0.5) is 0 Å². The number of hydrogen-bond donors (Lipinski definition) is 0. The molecule has 0 aliphatic carbocycles. The smallest absolute Gasteiger partial charge is 0.322 e. The second-order valence-corrected chi connectivity index (χ2v) is 59.0. The molecule has 0 aromatic heterocycles. The molecule has 0 N–H and O–H groups in total. The number of rotatable bonds is 44. The number of carbonyl (C=O) groups excluding carboxylic acids is 13. The second-order valence-electron chi connectivity index (χ2n) is 33.3. The first-order valence-electron chi connectivity index (χ1n) is 34.1. The summed E-state index contributed by atoms with van der Waals surface area (Å²) < 4.78 is 65.0. The summed E-state index contributed by atoms with van der Waals surface area (Å²) in [6, 6.07) is 0. The zero-order valence-electron chi connectivity index (χ0n) is 68.5. The molecule has 0 saturated heterocycles. The molecular weight excluding hydrogens is 2340 g/mol. The van der Waals surface area contributed by atoms with Gasteiger partial charge >= 0.3 is 71.6 Å². The molecule has 0 aliphatic heterocycles. The van der Waals surface area contributed by atoms with Gasteiger partial charge in [-0.15, -0.1) is 0 Å². The molecule has 0 radical (unpaired) electrons. The molecule has 0 fully saturated rings. The van der Waals surface area contributed by atoms with Crippen LogP contribution in [-0.2, 0) is 129 Å². The lowest BCUT2D eigenvalue weighted by Gasteiger charge is -2.37. The predicted octanol–water partition coefficient (Wildman–Crippen LogP) is 16.1. The van der Waals surface area contributed by atoms with Crippen LogP contribution in [0.25, 0.3) is 0 Å². The Hall–Kier alpha value is -0.530. The quantitative estimate of drug-likeness (QED) is 0.0311. The van der Waals surface area contributed by atoms with Crippen molar-refractivity contribution in [3.63, 3.8) is 0 Å². The largest absolute Gasteiger partial charge is 0.464 e. The van der Waals surface area contributed by atoms with Crippen LogP contribution in [0.1, 0.15) is 187 Å². The lowest BCUT2D eigenvalue weighted by molar-refractivity contribution is -0.194. The zero-order valence-corrected chi connectivity index (χ0v) is 89.2. The van der Waals surface area contributed by atoms with Crippen LogP contribution < -0.4 is 0 Å². The van der Waals surface area contributed by atoms with E-state index < -0.39 is 208 Å². The minimum Gasteiger partial charge on any atom is -0.464 e. The minimum absolute atomic E-state index is 0.0765. The molecule has 0 rings (SSSR count). The third kappa shape index (κ3) is 48.2. The Morgan fingerprint density at radius 2 is 0.330 bits per heavy atom. The number of ketones is 1. The van der Waals surface area contributed by atoms with Crippen LogP contribution in [0.15, 0.2) is 0 Å². The Kier molecular flexibility index (Phi) is 47.6. The highest BCUT2D eigenvalue weighted by Gasteiger charge is 2.47. The van der Waals surface area contributed by atoms with Crippen LogP contribution >= 0.6 is 207 Å². The SMILES string of the molecule is CC(C)(Br)C(=O)COC(COCC(COC(=O)C(C)(C)Br)(COC(=O)C(C)(C)Br)COC(=O)C(C)(C)Br)(COC(=O)C(C)(C)Br)COC(=O)C(C)(C)Br.CC(C)(Br)C(=O)OCC(COC(=O)C(C)(C)Br)(COC(=O)C(C)(C)Br)COC(=O)C(C)(C)Br.CC(COC(=O)C(C)(C)Br)(COC(=O)C(C)(C)Br)COC(=O)C(C)(C)Br. The van der Waals surface area contributed by atoms with E-state index in [1.54, 1.807) is 187 Å². The number of hydrogen-bond acceptors (Lipinski definition) is 27. The van der Waals surface area contributed by atoms with Gasteiger partial charge in [0.1, 0.15) is 143 Å². The van der Waals surface area contributed by atoms with Crippen LogP contribution in [0.5, 0.6) is 0 Å². The van der Waals surface area contributed by atoms with Gasteiger partial charge in [0, 0.05) is 0 Å². The summed E-state index contributed by atoms with van der Waals surface area (Å²) in [5.74, 6) is -7.63. The van der Waals surface area contributed by atoms with Gasteiger partial charge in [0.25, 0.3) is 0 Å². The van der Waals surface area contributed by atoms with Crippen LogP contribution in [0.2, 0.25) is 0 Å². The van der Waals surface area contributed by atoms with Gasteiger partial charge in [0.15, 0.2) is 11.4 Å². The van der Waals surface area contributed by atoms with Gasteiger partial charge in [-0.2, -0.15) is 0 Å². The molecule has 0 amide bonds. The van der Waals surface area contributed by atoms with Gasteiger partial charge in [-0.1, -0.05) is 207 Å². The van der Waals surface area contributed by atoms with Crippen molar-refractivity contribution in [2.75, 3.05) is 99.1 Å². The minimum atomic E-state index is -1.79. The topological polar surface area (TPSA) is 351 Å². The van der Waals surface area contributed by atoms with Crippen LogP contribution in [0.3, 0.4) is 0 Å². The molecule has 40 heteroatoms. The summed E-state index contributed by atoms with van der Waals surface area (Å²) in [6.07, 6.45) is 0. The lowest BCUT2D eigenvalue weighted by atomic mass is 9.91. The molecule has 112 heavy (non-hydrogen) atoms. The summed E-state index contributed by atoms with van der Waals surface area (Å²) >= 11 is 42.3. The van der Waals surface area contributed by atoms with E-state index in [4.69, 9.17) is 66.3 Å². The zero-order chi connectivity index (χ0) is 89.5. The van der Waals surface area contributed by atoms with Crippen LogP contribution in [-0.4, -0.2) is 238 Å². The van der Waals surface area contributed by atoms with Crippen molar-refractivity contribution in [2.45, 2.75) is 249 Å². The Balaban J connectivity index is -0.00000172. The predicted molar refractivity (Wildman–Crippen MR) is 468 cm³/mol. The van der Waals surface area contributed by atoms with E-state index in [0.29, 0.717) is 0 Å². The van der Waals surface area contributed by atoms with E-state index >= 15 is 0 Å². The summed E-state index contributed by atoms with van der Waals surface area (Å²) in [4.78, 5) is 163. The molecule has 0 bridgehead atoms. The molecule has 652 valence electrons. The van der Waals surface area contributed by atoms with E-state index in [-0.39, 0.29) is 46.2 Å². The summed E-state index contributed by atoms with van der Waals surface area (Å²) in [5.41, 5.74) is -5.57. The van der Waals surface area contributed by atoms with Crippen molar-refractivity contribution in [3.8, 4) is 0 Å². The van der Waals surface area contributed by atoms with Gasteiger partial charge < -0.3 is 66.3 Å². The van der Waals surface area contributed by atoms with Gasteiger partial charge in [0.2, 0.25) is 0 Å². The number of carbonyl (C=O) groups is 13.